The molecule has 1 nitrogen and oxygen atoms in total. The highest BCUT2D eigenvalue weighted by Gasteiger charge is 2.12. The Morgan fingerprint density at radius 1 is 1.21 bits per heavy atom. The molecule has 0 heterocycles. The van der Waals surface area contributed by atoms with Gasteiger partial charge in [-0.15, -0.1) is 0 Å². The second-order valence-corrected chi connectivity index (χ2v) is 6.00. The first-order valence-electron chi connectivity index (χ1n) is 6.14. The molecular weight excluding hydrogens is 324 g/mol. The third-order valence-electron chi connectivity index (χ3n) is 3.15. The molecule has 0 aromatic heterocycles. The second-order valence-electron chi connectivity index (χ2n) is 4.49. The lowest BCUT2D eigenvalue weighted by atomic mass is 10.0. The first-order valence-corrected chi connectivity index (χ1v) is 7.43. The van der Waals surface area contributed by atoms with E-state index in [0.717, 1.165) is 22.8 Å². The summed E-state index contributed by atoms with van der Waals surface area (Å²) in [6.45, 7) is 2.01. The van der Waals surface area contributed by atoms with Crippen LogP contribution in [0.1, 0.15) is 21.5 Å². The van der Waals surface area contributed by atoms with Crippen molar-refractivity contribution < 1.29 is 4.74 Å². The van der Waals surface area contributed by atoms with Crippen LogP contribution in [0.2, 0.25) is 5.02 Å². The maximum atomic E-state index is 6.17. The van der Waals surface area contributed by atoms with Gasteiger partial charge < -0.3 is 4.74 Å². The maximum Gasteiger partial charge on any atom is 0.122 e. The quantitative estimate of drug-likeness (QED) is 0.684. The second kappa shape index (κ2) is 6.44. The summed E-state index contributed by atoms with van der Waals surface area (Å²) in [5, 5.41) is 0.807. The molecule has 0 aliphatic heterocycles. The molecule has 0 aliphatic carbocycles. The molecule has 0 bridgehead atoms. The molecule has 19 heavy (non-hydrogen) atoms. The normalized spacial score (nSPS) is 12.2. The number of rotatable bonds is 4. The van der Waals surface area contributed by atoms with Crippen LogP contribution >= 0.6 is 27.5 Å². The zero-order valence-corrected chi connectivity index (χ0v) is 13.3. The van der Waals surface area contributed by atoms with Crippen molar-refractivity contribution in [3.8, 4) is 5.75 Å². The topological polar surface area (TPSA) is 9.23 Å². The number of halogens is 2. The predicted octanol–water partition coefficient (Wildman–Crippen LogP) is 5.34. The highest BCUT2D eigenvalue weighted by Crippen LogP contribution is 2.32. The maximum absolute atomic E-state index is 6.17. The van der Waals surface area contributed by atoms with Gasteiger partial charge in [0.15, 0.2) is 0 Å². The number of para-hydroxylation sites is 1. The summed E-state index contributed by atoms with van der Waals surface area (Å²) in [6, 6.07) is 14.3. The van der Waals surface area contributed by atoms with E-state index in [0.29, 0.717) is 0 Å². The molecule has 0 saturated carbocycles. The van der Waals surface area contributed by atoms with Gasteiger partial charge in [0.05, 0.1) is 7.11 Å². The van der Waals surface area contributed by atoms with E-state index in [2.05, 4.69) is 28.1 Å². The van der Waals surface area contributed by atoms with Crippen molar-refractivity contribution >= 4 is 27.5 Å². The van der Waals surface area contributed by atoms with Crippen LogP contribution in [-0.2, 0) is 6.42 Å². The van der Waals surface area contributed by atoms with Gasteiger partial charge >= 0.3 is 0 Å². The molecule has 0 saturated heterocycles. The van der Waals surface area contributed by atoms with Crippen LogP contribution in [-0.4, -0.2) is 7.11 Å². The van der Waals surface area contributed by atoms with Crippen molar-refractivity contribution in [2.24, 2.45) is 0 Å². The largest absolute Gasteiger partial charge is 0.496 e. The van der Waals surface area contributed by atoms with Crippen molar-refractivity contribution in [1.29, 1.82) is 0 Å². The zero-order chi connectivity index (χ0) is 13.8. The Morgan fingerprint density at radius 3 is 2.63 bits per heavy atom. The van der Waals surface area contributed by atoms with Crippen molar-refractivity contribution in [1.82, 2.24) is 0 Å². The molecule has 100 valence electrons. The zero-order valence-electron chi connectivity index (χ0n) is 11.0. The van der Waals surface area contributed by atoms with Crippen LogP contribution in [0.25, 0.3) is 0 Å². The van der Waals surface area contributed by atoms with E-state index in [1.54, 1.807) is 7.11 Å². The van der Waals surface area contributed by atoms with Gasteiger partial charge in [-0.1, -0.05) is 57.9 Å². The molecule has 0 aliphatic rings. The average molecular weight is 340 g/mol. The van der Waals surface area contributed by atoms with Crippen molar-refractivity contribution in [2.45, 2.75) is 18.2 Å². The molecule has 0 fully saturated rings. The monoisotopic (exact) mass is 338 g/mol. The van der Waals surface area contributed by atoms with Crippen LogP contribution in [0.4, 0.5) is 0 Å². The molecule has 1 unspecified atom stereocenters. The number of ether oxygens (including phenoxy) is 1. The lowest BCUT2D eigenvalue weighted by Gasteiger charge is -2.14. The lowest BCUT2D eigenvalue weighted by Crippen LogP contribution is -1.98. The van der Waals surface area contributed by atoms with Crippen LogP contribution in [0.5, 0.6) is 5.75 Å². The number of alkyl halides is 1. The molecule has 2 aromatic rings. The Hall–Kier alpha value is -0.990. The van der Waals surface area contributed by atoms with Gasteiger partial charge in [-0.05, 0) is 42.2 Å². The van der Waals surface area contributed by atoms with Gasteiger partial charge in [0.1, 0.15) is 5.75 Å². The minimum absolute atomic E-state index is 0.224. The summed E-state index contributed by atoms with van der Waals surface area (Å²) >= 11 is 9.90. The fraction of sp³-hybridized carbons (Fsp3) is 0.250. The number of benzene rings is 2. The standard InChI is InChI=1S/C16H16BrClO/c1-11-7-8-12(10-15(11)18)14(17)9-13-5-3-4-6-16(13)19-2/h3-8,10,14H,9H2,1-2H3. The van der Waals surface area contributed by atoms with Crippen molar-refractivity contribution in [3.63, 3.8) is 0 Å². The molecule has 0 N–H and O–H groups in total. The van der Waals surface area contributed by atoms with Crippen molar-refractivity contribution in [2.75, 3.05) is 7.11 Å². The molecule has 0 spiro atoms. The van der Waals surface area contributed by atoms with Crippen LogP contribution in [0.3, 0.4) is 0 Å². The highest BCUT2D eigenvalue weighted by molar-refractivity contribution is 9.09. The first kappa shape index (κ1) is 14.4. The van der Waals surface area contributed by atoms with E-state index < -0.39 is 0 Å². The van der Waals surface area contributed by atoms with Gasteiger partial charge in [-0.2, -0.15) is 0 Å². The smallest absolute Gasteiger partial charge is 0.122 e. The molecule has 2 rings (SSSR count). The van der Waals surface area contributed by atoms with E-state index in [1.165, 1.54) is 11.1 Å². The number of aryl methyl sites for hydroxylation is 1. The first-order chi connectivity index (χ1) is 9.11. The van der Waals surface area contributed by atoms with E-state index in [-0.39, 0.29) is 4.83 Å². The number of methoxy groups -OCH3 is 1. The van der Waals surface area contributed by atoms with Gasteiger partial charge in [0, 0.05) is 9.85 Å². The Kier molecular flexibility index (Phi) is 4.89. The van der Waals surface area contributed by atoms with Gasteiger partial charge in [-0.25, -0.2) is 0 Å². The molecular formula is C16H16BrClO. The molecule has 0 amide bonds. The molecule has 1 atom stereocenters. The summed E-state index contributed by atoms with van der Waals surface area (Å²) in [5.41, 5.74) is 3.47. The van der Waals surface area contributed by atoms with Crippen LogP contribution in [0, 0.1) is 6.92 Å². The van der Waals surface area contributed by atoms with E-state index in [9.17, 15) is 0 Å². The minimum atomic E-state index is 0.224. The fourth-order valence-electron chi connectivity index (χ4n) is 1.99. The van der Waals surface area contributed by atoms with Crippen LogP contribution in [0.15, 0.2) is 42.5 Å². The summed E-state index contributed by atoms with van der Waals surface area (Å²) in [5.74, 6) is 0.921. The Bertz CT molecular complexity index is 568. The van der Waals surface area contributed by atoms with Crippen molar-refractivity contribution in [3.05, 3.63) is 64.2 Å². The molecule has 0 radical (unpaired) electrons. The highest BCUT2D eigenvalue weighted by atomic mass is 79.9. The minimum Gasteiger partial charge on any atom is -0.496 e. The van der Waals surface area contributed by atoms with Gasteiger partial charge in [-0.3, -0.25) is 0 Å². The summed E-state index contributed by atoms with van der Waals surface area (Å²) in [4.78, 5) is 0.224. The third-order valence-corrected chi connectivity index (χ3v) is 4.41. The van der Waals surface area contributed by atoms with Gasteiger partial charge in [0.25, 0.3) is 0 Å². The Labute approximate surface area is 127 Å². The summed E-state index contributed by atoms with van der Waals surface area (Å²) < 4.78 is 5.38. The Morgan fingerprint density at radius 2 is 1.95 bits per heavy atom. The molecule has 3 heteroatoms. The Balaban J connectivity index is 2.20. The summed E-state index contributed by atoms with van der Waals surface area (Å²) in [6.07, 6.45) is 0.864. The molecule has 2 aromatic carbocycles. The number of hydrogen-bond donors (Lipinski definition) is 0. The number of hydrogen-bond acceptors (Lipinski definition) is 1. The van der Waals surface area contributed by atoms with Crippen LogP contribution < -0.4 is 4.74 Å². The average Bonchev–Trinajstić information content (AvgIpc) is 2.42. The lowest BCUT2D eigenvalue weighted by molar-refractivity contribution is 0.409. The van der Waals surface area contributed by atoms with E-state index >= 15 is 0 Å². The summed E-state index contributed by atoms with van der Waals surface area (Å²) in [7, 11) is 1.70. The third kappa shape index (κ3) is 3.52. The SMILES string of the molecule is COc1ccccc1CC(Br)c1ccc(C)c(Cl)c1. The fourth-order valence-corrected chi connectivity index (χ4v) is 2.81. The predicted molar refractivity (Wildman–Crippen MR) is 84.6 cm³/mol. The van der Waals surface area contributed by atoms with E-state index in [1.807, 2.05) is 37.3 Å². The van der Waals surface area contributed by atoms with E-state index in [4.69, 9.17) is 16.3 Å². The van der Waals surface area contributed by atoms with Gasteiger partial charge in [0.2, 0.25) is 0 Å².